The SMILES string of the molecule is O=C1Cc2cc(C(=O)NC3CCCCCCCCCCC3)ccc2N1. The third-order valence-corrected chi connectivity index (χ3v) is 5.43. The van der Waals surface area contributed by atoms with Crippen LogP contribution in [0.5, 0.6) is 0 Å². The fourth-order valence-electron chi connectivity index (χ4n) is 3.95. The Morgan fingerprint density at radius 1 is 0.920 bits per heavy atom. The molecule has 4 heteroatoms. The van der Waals surface area contributed by atoms with E-state index in [9.17, 15) is 9.59 Å². The molecule has 0 aromatic heterocycles. The van der Waals surface area contributed by atoms with Gasteiger partial charge in [-0.25, -0.2) is 0 Å². The molecule has 3 rings (SSSR count). The van der Waals surface area contributed by atoms with Gasteiger partial charge in [0.2, 0.25) is 5.91 Å². The molecule has 1 aromatic carbocycles. The second kappa shape index (κ2) is 9.02. The van der Waals surface area contributed by atoms with Gasteiger partial charge in [-0.3, -0.25) is 9.59 Å². The van der Waals surface area contributed by atoms with Crippen LogP contribution in [0.2, 0.25) is 0 Å². The normalized spacial score (nSPS) is 20.1. The van der Waals surface area contributed by atoms with Gasteiger partial charge in [-0.1, -0.05) is 57.8 Å². The van der Waals surface area contributed by atoms with Crippen LogP contribution in [-0.2, 0) is 11.2 Å². The number of hydrogen-bond acceptors (Lipinski definition) is 2. The molecule has 0 bridgehead atoms. The molecule has 25 heavy (non-hydrogen) atoms. The average Bonchev–Trinajstić information content (AvgIpc) is 2.96. The molecule has 0 spiro atoms. The van der Waals surface area contributed by atoms with Crippen molar-refractivity contribution in [2.75, 3.05) is 5.32 Å². The number of fused-ring (bicyclic) bond motifs is 1. The Bertz CT molecular complexity index is 600. The minimum atomic E-state index is -0.000701. The number of hydrogen-bond donors (Lipinski definition) is 2. The van der Waals surface area contributed by atoms with Gasteiger partial charge in [0.05, 0.1) is 6.42 Å². The van der Waals surface area contributed by atoms with Crippen LogP contribution in [0, 0.1) is 0 Å². The van der Waals surface area contributed by atoms with Crippen LogP contribution >= 0.6 is 0 Å². The minimum absolute atomic E-state index is 0.000701. The van der Waals surface area contributed by atoms with E-state index >= 15 is 0 Å². The molecule has 1 aliphatic heterocycles. The minimum Gasteiger partial charge on any atom is -0.349 e. The van der Waals surface area contributed by atoms with E-state index in [-0.39, 0.29) is 17.9 Å². The highest BCUT2D eigenvalue weighted by Gasteiger charge is 2.20. The molecule has 2 amide bonds. The van der Waals surface area contributed by atoms with Gasteiger partial charge in [-0.05, 0) is 36.6 Å². The van der Waals surface area contributed by atoms with Crippen molar-refractivity contribution in [3.8, 4) is 0 Å². The Morgan fingerprint density at radius 2 is 1.52 bits per heavy atom. The Morgan fingerprint density at radius 3 is 2.16 bits per heavy atom. The first-order valence-corrected chi connectivity index (χ1v) is 9.96. The second-order valence-corrected chi connectivity index (χ2v) is 7.53. The summed E-state index contributed by atoms with van der Waals surface area (Å²) in [5.41, 5.74) is 2.44. The Hall–Kier alpha value is -1.84. The molecule has 2 aliphatic rings. The van der Waals surface area contributed by atoms with Crippen molar-refractivity contribution in [2.45, 2.75) is 83.1 Å². The first-order chi connectivity index (χ1) is 12.2. The van der Waals surface area contributed by atoms with Gasteiger partial charge in [-0.2, -0.15) is 0 Å². The van der Waals surface area contributed by atoms with E-state index < -0.39 is 0 Å². The van der Waals surface area contributed by atoms with E-state index in [2.05, 4.69) is 10.6 Å². The molecule has 0 unspecified atom stereocenters. The van der Waals surface area contributed by atoms with E-state index in [4.69, 9.17) is 0 Å². The van der Waals surface area contributed by atoms with Crippen LogP contribution in [0.4, 0.5) is 5.69 Å². The number of carbonyl (C=O) groups is 2. The summed E-state index contributed by atoms with van der Waals surface area (Å²) < 4.78 is 0. The molecular weight excluding hydrogens is 312 g/mol. The maximum Gasteiger partial charge on any atom is 0.251 e. The lowest BCUT2D eigenvalue weighted by Gasteiger charge is -2.20. The van der Waals surface area contributed by atoms with Crippen molar-refractivity contribution in [1.82, 2.24) is 5.32 Å². The summed E-state index contributed by atoms with van der Waals surface area (Å²) in [6, 6.07) is 5.79. The first-order valence-electron chi connectivity index (χ1n) is 9.96. The van der Waals surface area contributed by atoms with Crippen LogP contribution in [0.15, 0.2) is 18.2 Å². The van der Waals surface area contributed by atoms with Gasteiger partial charge in [-0.15, -0.1) is 0 Å². The maximum atomic E-state index is 12.7. The monoisotopic (exact) mass is 342 g/mol. The molecular formula is C21H30N2O2. The van der Waals surface area contributed by atoms with Crippen LogP contribution in [0.1, 0.15) is 86.6 Å². The predicted octanol–water partition coefficient (Wildman–Crippen LogP) is 4.58. The van der Waals surface area contributed by atoms with Crippen molar-refractivity contribution < 1.29 is 9.59 Å². The molecule has 2 N–H and O–H groups in total. The van der Waals surface area contributed by atoms with E-state index in [1.807, 2.05) is 18.2 Å². The van der Waals surface area contributed by atoms with E-state index in [0.717, 1.165) is 24.1 Å². The lowest BCUT2D eigenvalue weighted by molar-refractivity contribution is -0.115. The molecule has 0 saturated heterocycles. The quantitative estimate of drug-likeness (QED) is 0.826. The van der Waals surface area contributed by atoms with Gasteiger partial charge in [0.1, 0.15) is 0 Å². The molecule has 4 nitrogen and oxygen atoms in total. The lowest BCUT2D eigenvalue weighted by Crippen LogP contribution is -2.35. The molecule has 1 heterocycles. The van der Waals surface area contributed by atoms with Crippen molar-refractivity contribution in [1.29, 1.82) is 0 Å². The van der Waals surface area contributed by atoms with Crippen LogP contribution in [0.3, 0.4) is 0 Å². The van der Waals surface area contributed by atoms with Gasteiger partial charge in [0.15, 0.2) is 0 Å². The van der Waals surface area contributed by atoms with Gasteiger partial charge in [0.25, 0.3) is 5.91 Å². The predicted molar refractivity (Wildman–Crippen MR) is 101 cm³/mol. The molecule has 1 aliphatic carbocycles. The van der Waals surface area contributed by atoms with E-state index in [1.54, 1.807) is 0 Å². The Kier molecular flexibility index (Phi) is 6.48. The largest absolute Gasteiger partial charge is 0.349 e. The summed E-state index contributed by atoms with van der Waals surface area (Å²) in [5, 5.41) is 6.06. The Balaban J connectivity index is 1.57. The topological polar surface area (TPSA) is 58.2 Å². The van der Waals surface area contributed by atoms with Crippen molar-refractivity contribution in [3.63, 3.8) is 0 Å². The van der Waals surface area contributed by atoms with Crippen LogP contribution in [0.25, 0.3) is 0 Å². The first kappa shape index (κ1) is 18.0. The summed E-state index contributed by atoms with van der Waals surface area (Å²) in [5.74, 6) is 0.00566. The van der Waals surface area contributed by atoms with Crippen LogP contribution in [-0.4, -0.2) is 17.9 Å². The third-order valence-electron chi connectivity index (χ3n) is 5.43. The van der Waals surface area contributed by atoms with Gasteiger partial charge in [0, 0.05) is 17.3 Å². The molecule has 1 fully saturated rings. The Labute approximate surface area is 150 Å². The number of rotatable bonds is 2. The summed E-state index contributed by atoms with van der Waals surface area (Å²) in [6.45, 7) is 0. The highest BCUT2D eigenvalue weighted by Crippen LogP contribution is 2.24. The number of anilines is 1. The van der Waals surface area contributed by atoms with Crippen molar-refractivity contribution >= 4 is 17.5 Å². The fourth-order valence-corrected chi connectivity index (χ4v) is 3.95. The van der Waals surface area contributed by atoms with Crippen molar-refractivity contribution in [2.24, 2.45) is 0 Å². The highest BCUT2D eigenvalue weighted by atomic mass is 16.2. The van der Waals surface area contributed by atoms with E-state index in [0.29, 0.717) is 12.0 Å². The number of amides is 2. The van der Waals surface area contributed by atoms with Gasteiger partial charge >= 0.3 is 0 Å². The lowest BCUT2D eigenvalue weighted by atomic mass is 9.97. The van der Waals surface area contributed by atoms with Crippen LogP contribution < -0.4 is 10.6 Å². The molecule has 1 saturated carbocycles. The zero-order chi connectivity index (χ0) is 17.5. The molecule has 0 radical (unpaired) electrons. The third kappa shape index (κ3) is 5.32. The van der Waals surface area contributed by atoms with Gasteiger partial charge < -0.3 is 10.6 Å². The van der Waals surface area contributed by atoms with E-state index in [1.165, 1.54) is 57.8 Å². The number of benzene rings is 1. The molecule has 0 atom stereocenters. The average molecular weight is 342 g/mol. The zero-order valence-corrected chi connectivity index (χ0v) is 15.1. The number of nitrogens with one attached hydrogen (secondary N) is 2. The summed E-state index contributed by atoms with van der Waals surface area (Å²) in [6.07, 6.45) is 14.2. The fraction of sp³-hybridized carbons (Fsp3) is 0.619. The maximum absolute atomic E-state index is 12.7. The zero-order valence-electron chi connectivity index (χ0n) is 15.1. The summed E-state index contributed by atoms with van der Waals surface area (Å²) in [4.78, 5) is 24.1. The summed E-state index contributed by atoms with van der Waals surface area (Å²) >= 11 is 0. The standard InChI is InChI=1S/C21H30N2O2/c24-20-15-17-14-16(12-13-19(17)23-20)21(25)22-18-10-8-6-4-2-1-3-5-7-9-11-18/h12-14,18H,1-11,15H2,(H,22,25)(H,23,24). The molecule has 1 aromatic rings. The second-order valence-electron chi connectivity index (χ2n) is 7.53. The highest BCUT2D eigenvalue weighted by molar-refractivity contribution is 6.01. The molecule has 136 valence electrons. The smallest absolute Gasteiger partial charge is 0.251 e. The summed E-state index contributed by atoms with van der Waals surface area (Å²) in [7, 11) is 0. The van der Waals surface area contributed by atoms with Crippen molar-refractivity contribution in [3.05, 3.63) is 29.3 Å². The number of carbonyl (C=O) groups excluding carboxylic acids is 2.